The summed E-state index contributed by atoms with van der Waals surface area (Å²) < 4.78 is 45.6. The summed E-state index contributed by atoms with van der Waals surface area (Å²) >= 11 is 0. The van der Waals surface area contributed by atoms with Gasteiger partial charge in [-0.15, -0.1) is 0 Å². The lowest BCUT2D eigenvalue weighted by molar-refractivity contribution is -0.150. The van der Waals surface area contributed by atoms with Crippen molar-refractivity contribution in [3.63, 3.8) is 0 Å². The van der Waals surface area contributed by atoms with Gasteiger partial charge in [0.25, 0.3) is 0 Å². The van der Waals surface area contributed by atoms with Gasteiger partial charge in [0.05, 0.1) is 38.6 Å². The van der Waals surface area contributed by atoms with Crippen LogP contribution in [0.2, 0.25) is 0 Å². The summed E-state index contributed by atoms with van der Waals surface area (Å²) in [5.41, 5.74) is 2.29. The molecule has 290 valence electrons. The first-order valence-corrected chi connectivity index (χ1v) is 19.1. The normalized spacial score (nSPS) is 23.9. The van der Waals surface area contributed by atoms with E-state index in [0.717, 1.165) is 74.9 Å². The number of epoxide rings is 1. The molecule has 2 saturated carbocycles. The molecule has 0 bridgehead atoms. The topological polar surface area (TPSA) is 111 Å². The lowest BCUT2D eigenvalue weighted by Crippen LogP contribution is -2.39. The molecule has 1 heterocycles. The molecule has 2 aromatic carbocycles. The molecule has 0 radical (unpaired) electrons. The fraction of sp³-hybridized carbons (Fsp3) is 0.581. The maximum absolute atomic E-state index is 12.2. The van der Waals surface area contributed by atoms with Crippen molar-refractivity contribution >= 4 is 11.9 Å². The lowest BCUT2D eigenvalue weighted by Gasteiger charge is -2.46. The molecule has 53 heavy (non-hydrogen) atoms. The molecule has 3 atom stereocenters. The number of methoxy groups -OCH3 is 1. The van der Waals surface area contributed by atoms with Gasteiger partial charge in [-0.3, -0.25) is 0 Å². The van der Waals surface area contributed by atoms with E-state index in [1.165, 1.54) is 26.0 Å². The van der Waals surface area contributed by atoms with Gasteiger partial charge < -0.3 is 37.9 Å². The molecular weight excluding hydrogens is 676 g/mol. The first-order valence-electron chi connectivity index (χ1n) is 19.1. The number of benzene rings is 2. The molecule has 1 aliphatic heterocycles. The van der Waals surface area contributed by atoms with Crippen molar-refractivity contribution in [3.8, 4) is 22.6 Å². The molecule has 2 aliphatic carbocycles. The Bertz CT molecular complexity index is 1430. The Morgan fingerprint density at radius 3 is 1.55 bits per heavy atom. The second-order valence-electron chi connectivity index (χ2n) is 15.0. The standard InChI is InChI=1S/C43H58O10/c1-6-41(44)52-39(24-46-5)27-48-34-16-8-30(9-17-34)31-10-18-35(19-11-31)49-28-40(53-42(45)7-2)29-50-37-22-14-33(15-23-37)43(3,4)32-12-20-36(21-13-32)47-25-38-26-51-38/h6-11,16-19,32-33,36-40H,1-2,12-15,20-29H2,3-5H3. The second-order valence-corrected chi connectivity index (χ2v) is 15.0. The van der Waals surface area contributed by atoms with E-state index in [9.17, 15) is 9.59 Å². The predicted molar refractivity (Wildman–Crippen MR) is 202 cm³/mol. The van der Waals surface area contributed by atoms with Gasteiger partial charge in [-0.25, -0.2) is 9.59 Å². The van der Waals surface area contributed by atoms with Crippen molar-refractivity contribution in [2.24, 2.45) is 17.3 Å². The van der Waals surface area contributed by atoms with Crippen LogP contribution in [0.15, 0.2) is 73.8 Å². The summed E-state index contributed by atoms with van der Waals surface area (Å²) in [4.78, 5) is 23.7. The Balaban J connectivity index is 1.04. The zero-order chi connectivity index (χ0) is 37.6. The molecule has 3 fully saturated rings. The molecule has 1 saturated heterocycles. The van der Waals surface area contributed by atoms with Crippen LogP contribution in [0.4, 0.5) is 0 Å². The van der Waals surface area contributed by atoms with Crippen molar-refractivity contribution < 1.29 is 47.5 Å². The highest BCUT2D eigenvalue weighted by Crippen LogP contribution is 2.49. The van der Waals surface area contributed by atoms with Crippen LogP contribution in [0.5, 0.6) is 11.5 Å². The van der Waals surface area contributed by atoms with Crippen LogP contribution < -0.4 is 9.47 Å². The minimum absolute atomic E-state index is 0.137. The smallest absolute Gasteiger partial charge is 0.330 e. The molecule has 0 aromatic heterocycles. The van der Waals surface area contributed by atoms with Crippen LogP contribution in [-0.2, 0) is 38.0 Å². The first-order chi connectivity index (χ1) is 25.7. The minimum Gasteiger partial charge on any atom is -0.490 e. The predicted octanol–water partition coefficient (Wildman–Crippen LogP) is 7.53. The summed E-state index contributed by atoms with van der Waals surface area (Å²) in [5, 5.41) is 0. The third kappa shape index (κ3) is 12.7. The number of rotatable bonds is 21. The van der Waals surface area contributed by atoms with E-state index in [1.54, 1.807) is 0 Å². The van der Waals surface area contributed by atoms with Crippen LogP contribution in [-0.4, -0.2) is 89.2 Å². The van der Waals surface area contributed by atoms with Gasteiger partial charge in [0.15, 0.2) is 12.2 Å². The van der Waals surface area contributed by atoms with E-state index in [2.05, 4.69) is 27.0 Å². The fourth-order valence-corrected chi connectivity index (χ4v) is 7.64. The van der Waals surface area contributed by atoms with Crippen LogP contribution in [0.25, 0.3) is 11.1 Å². The Morgan fingerprint density at radius 1 is 0.698 bits per heavy atom. The minimum atomic E-state index is -0.561. The molecular formula is C43H58O10. The lowest BCUT2D eigenvalue weighted by atomic mass is 9.60. The number of ether oxygens (including phenoxy) is 8. The first kappa shape index (κ1) is 40.5. The highest BCUT2D eigenvalue weighted by molar-refractivity contribution is 5.81. The van der Waals surface area contributed by atoms with Crippen molar-refractivity contribution in [1.82, 2.24) is 0 Å². The summed E-state index contributed by atoms with van der Waals surface area (Å²) in [7, 11) is 1.54. The Labute approximate surface area is 315 Å². The number of esters is 2. The van der Waals surface area contributed by atoms with E-state index in [4.69, 9.17) is 37.9 Å². The summed E-state index contributed by atoms with van der Waals surface area (Å²) in [6.45, 7) is 14.3. The third-order valence-electron chi connectivity index (χ3n) is 11.1. The largest absolute Gasteiger partial charge is 0.490 e. The molecule has 2 aromatic rings. The van der Waals surface area contributed by atoms with Crippen LogP contribution >= 0.6 is 0 Å². The zero-order valence-corrected chi connectivity index (χ0v) is 31.7. The van der Waals surface area contributed by atoms with Crippen LogP contribution in [0, 0.1) is 17.3 Å². The van der Waals surface area contributed by atoms with Gasteiger partial charge in [-0.2, -0.15) is 0 Å². The molecule has 0 spiro atoms. The van der Waals surface area contributed by atoms with Gasteiger partial charge in [0.1, 0.15) is 30.8 Å². The van der Waals surface area contributed by atoms with Gasteiger partial charge in [0, 0.05) is 19.3 Å². The maximum atomic E-state index is 12.2. The van der Waals surface area contributed by atoms with Crippen molar-refractivity contribution in [2.45, 2.75) is 95.7 Å². The van der Waals surface area contributed by atoms with Crippen LogP contribution in [0.1, 0.15) is 65.2 Å². The number of hydrogen-bond donors (Lipinski definition) is 0. The van der Waals surface area contributed by atoms with Crippen molar-refractivity contribution in [3.05, 3.63) is 73.8 Å². The van der Waals surface area contributed by atoms with E-state index >= 15 is 0 Å². The van der Waals surface area contributed by atoms with Gasteiger partial charge in [0.2, 0.25) is 0 Å². The maximum Gasteiger partial charge on any atom is 0.330 e. The monoisotopic (exact) mass is 734 g/mol. The van der Waals surface area contributed by atoms with E-state index < -0.39 is 24.1 Å². The zero-order valence-electron chi connectivity index (χ0n) is 31.7. The molecule has 10 heteroatoms. The summed E-state index contributed by atoms with van der Waals surface area (Å²) in [6.07, 6.45) is 11.1. The number of hydrogen-bond acceptors (Lipinski definition) is 10. The van der Waals surface area contributed by atoms with E-state index in [-0.39, 0.29) is 37.9 Å². The van der Waals surface area contributed by atoms with Crippen LogP contribution in [0.3, 0.4) is 0 Å². The molecule has 0 amide bonds. The highest BCUT2D eigenvalue weighted by atomic mass is 16.6. The SMILES string of the molecule is C=CC(=O)OC(COC)COc1ccc(-c2ccc(OCC(COC3CCC(C(C)(C)C4CCC(OCC5CO5)CC4)CC3)OC(=O)C=C)cc2)cc1. The average molecular weight is 735 g/mol. The second kappa shape index (κ2) is 20.1. The molecule has 3 unspecified atom stereocenters. The average Bonchev–Trinajstić information content (AvgIpc) is 4.02. The van der Waals surface area contributed by atoms with Crippen molar-refractivity contribution in [2.75, 3.05) is 46.8 Å². The number of carbonyl (C=O) groups is 2. The fourth-order valence-electron chi connectivity index (χ4n) is 7.64. The quantitative estimate of drug-likeness (QED) is 0.0725. The Kier molecular flexibility index (Phi) is 15.4. The van der Waals surface area contributed by atoms with Gasteiger partial charge >= 0.3 is 11.9 Å². The number of carbonyl (C=O) groups excluding carboxylic acids is 2. The van der Waals surface area contributed by atoms with Crippen molar-refractivity contribution in [1.29, 1.82) is 0 Å². The molecule has 3 aliphatic rings. The Morgan fingerprint density at radius 2 is 1.13 bits per heavy atom. The van der Waals surface area contributed by atoms with E-state index in [1.807, 2.05) is 48.5 Å². The Hall–Kier alpha value is -3.70. The highest BCUT2D eigenvalue weighted by Gasteiger charge is 2.41. The van der Waals surface area contributed by atoms with Gasteiger partial charge in [-0.05, 0) is 104 Å². The van der Waals surface area contributed by atoms with Gasteiger partial charge in [-0.1, -0.05) is 51.3 Å². The molecule has 5 rings (SSSR count). The molecule has 0 N–H and O–H groups in total. The third-order valence-corrected chi connectivity index (χ3v) is 11.1. The van der Waals surface area contributed by atoms with E-state index in [0.29, 0.717) is 29.6 Å². The summed E-state index contributed by atoms with van der Waals surface area (Å²) in [6, 6.07) is 15.4. The summed E-state index contributed by atoms with van der Waals surface area (Å²) in [5.74, 6) is 1.67. The molecule has 10 nitrogen and oxygen atoms in total.